The fourth-order valence-electron chi connectivity index (χ4n) is 2.02. The summed E-state index contributed by atoms with van der Waals surface area (Å²) in [5.74, 6) is 5.35. The molecular formula is C13H16N2O4. The molecule has 4 N–H and O–H groups in total. The van der Waals surface area contributed by atoms with E-state index >= 15 is 0 Å². The standard InChI is InChI=1S/C13H16N2O4/c1-2-19-13(18)12-4-8-3-9(6-16)10(7-17)5-11(8)15(12)14/h3-5,16-17H,2,6-7,14H2,1H3. The Bertz CT molecular complexity index is 619. The van der Waals surface area contributed by atoms with E-state index < -0.39 is 5.97 Å². The summed E-state index contributed by atoms with van der Waals surface area (Å²) >= 11 is 0. The molecule has 0 radical (unpaired) electrons. The average molecular weight is 264 g/mol. The molecule has 1 aromatic heterocycles. The Balaban J connectivity index is 2.60. The molecule has 0 aliphatic carbocycles. The van der Waals surface area contributed by atoms with Crippen molar-refractivity contribution < 1.29 is 19.7 Å². The fraction of sp³-hybridized carbons (Fsp3) is 0.308. The zero-order valence-electron chi connectivity index (χ0n) is 10.6. The largest absolute Gasteiger partial charge is 0.461 e. The van der Waals surface area contributed by atoms with Gasteiger partial charge in [0.1, 0.15) is 5.69 Å². The highest BCUT2D eigenvalue weighted by Crippen LogP contribution is 2.23. The summed E-state index contributed by atoms with van der Waals surface area (Å²) in [6.45, 7) is 1.60. The molecule has 0 aliphatic heterocycles. The number of ether oxygens (including phenoxy) is 1. The maximum atomic E-state index is 11.7. The number of hydrogen-bond acceptors (Lipinski definition) is 5. The van der Waals surface area contributed by atoms with Crippen LogP contribution in [0.3, 0.4) is 0 Å². The first-order valence-corrected chi connectivity index (χ1v) is 5.93. The molecule has 2 rings (SSSR count). The van der Waals surface area contributed by atoms with Gasteiger partial charge in [0.05, 0.1) is 25.3 Å². The van der Waals surface area contributed by atoms with Crippen LogP contribution in [0, 0.1) is 0 Å². The number of hydrogen-bond donors (Lipinski definition) is 3. The smallest absolute Gasteiger partial charge is 0.356 e. The second kappa shape index (κ2) is 5.29. The Labute approximate surface area is 110 Å². The van der Waals surface area contributed by atoms with Gasteiger partial charge in [-0.25, -0.2) is 4.79 Å². The zero-order valence-corrected chi connectivity index (χ0v) is 10.6. The molecule has 0 aliphatic rings. The van der Waals surface area contributed by atoms with E-state index in [1.807, 2.05) is 0 Å². The number of nitrogens with two attached hydrogens (primary N) is 1. The average Bonchev–Trinajstić information content (AvgIpc) is 2.74. The van der Waals surface area contributed by atoms with Crippen LogP contribution in [0.2, 0.25) is 0 Å². The summed E-state index contributed by atoms with van der Waals surface area (Å²) in [6, 6.07) is 4.96. The number of aliphatic hydroxyl groups is 2. The molecule has 2 aromatic rings. The number of fused-ring (bicyclic) bond motifs is 1. The van der Waals surface area contributed by atoms with Crippen LogP contribution in [0.5, 0.6) is 0 Å². The second-order valence-electron chi connectivity index (χ2n) is 4.12. The first-order valence-electron chi connectivity index (χ1n) is 5.93. The van der Waals surface area contributed by atoms with Gasteiger partial charge in [0.15, 0.2) is 0 Å². The molecule has 0 saturated carbocycles. The number of rotatable bonds is 4. The van der Waals surface area contributed by atoms with Gasteiger partial charge >= 0.3 is 5.97 Å². The predicted octanol–water partition coefficient (Wildman–Crippen LogP) is 0.516. The Morgan fingerprint density at radius 1 is 1.26 bits per heavy atom. The monoisotopic (exact) mass is 264 g/mol. The van der Waals surface area contributed by atoms with E-state index in [1.54, 1.807) is 25.1 Å². The third kappa shape index (κ3) is 2.27. The Morgan fingerprint density at radius 2 is 1.89 bits per heavy atom. The summed E-state index contributed by atoms with van der Waals surface area (Å²) in [4.78, 5) is 11.7. The van der Waals surface area contributed by atoms with Gasteiger partial charge in [-0.2, -0.15) is 0 Å². The SMILES string of the molecule is CCOC(=O)c1cc2cc(CO)c(CO)cc2n1N. The second-order valence-corrected chi connectivity index (χ2v) is 4.12. The maximum absolute atomic E-state index is 11.7. The highest BCUT2D eigenvalue weighted by Gasteiger charge is 2.16. The molecule has 102 valence electrons. The van der Waals surface area contributed by atoms with E-state index in [-0.39, 0.29) is 25.5 Å². The summed E-state index contributed by atoms with van der Waals surface area (Å²) in [5.41, 5.74) is 2.02. The van der Waals surface area contributed by atoms with Crippen LogP contribution in [-0.2, 0) is 18.0 Å². The van der Waals surface area contributed by atoms with Crippen LogP contribution >= 0.6 is 0 Å². The van der Waals surface area contributed by atoms with Gasteiger partial charge in [-0.05, 0) is 36.2 Å². The normalized spacial score (nSPS) is 10.9. The molecule has 19 heavy (non-hydrogen) atoms. The number of nitrogen functional groups attached to an aromatic ring is 1. The molecule has 0 amide bonds. The Hall–Kier alpha value is -2.05. The topological polar surface area (TPSA) is 97.7 Å². The lowest BCUT2D eigenvalue weighted by molar-refractivity contribution is 0.0516. The fourth-order valence-corrected chi connectivity index (χ4v) is 2.02. The van der Waals surface area contributed by atoms with Crippen molar-refractivity contribution >= 4 is 16.9 Å². The van der Waals surface area contributed by atoms with E-state index in [0.717, 1.165) is 0 Å². The van der Waals surface area contributed by atoms with Gasteiger partial charge in [0.2, 0.25) is 0 Å². The van der Waals surface area contributed by atoms with Crippen molar-refractivity contribution in [1.82, 2.24) is 4.68 Å². The molecule has 1 heterocycles. The molecule has 0 spiro atoms. The lowest BCUT2D eigenvalue weighted by Crippen LogP contribution is -2.17. The van der Waals surface area contributed by atoms with Crippen molar-refractivity contribution in [3.8, 4) is 0 Å². The van der Waals surface area contributed by atoms with E-state index in [4.69, 9.17) is 10.6 Å². The van der Waals surface area contributed by atoms with Gasteiger partial charge in [-0.15, -0.1) is 0 Å². The van der Waals surface area contributed by atoms with Gasteiger partial charge in [0.25, 0.3) is 0 Å². The van der Waals surface area contributed by atoms with Crippen molar-refractivity contribution in [2.24, 2.45) is 0 Å². The molecule has 0 fully saturated rings. The minimum atomic E-state index is -0.503. The number of esters is 1. The molecule has 6 nitrogen and oxygen atoms in total. The summed E-state index contributed by atoms with van der Waals surface area (Å²) in [5, 5.41) is 19.2. The lowest BCUT2D eigenvalue weighted by atomic mass is 10.1. The van der Waals surface area contributed by atoms with Crippen molar-refractivity contribution in [1.29, 1.82) is 0 Å². The maximum Gasteiger partial charge on any atom is 0.356 e. The zero-order chi connectivity index (χ0) is 14.0. The first kappa shape index (κ1) is 13.4. The van der Waals surface area contributed by atoms with E-state index in [2.05, 4.69) is 0 Å². The molecule has 0 bridgehead atoms. The van der Waals surface area contributed by atoms with Crippen molar-refractivity contribution in [3.63, 3.8) is 0 Å². The van der Waals surface area contributed by atoms with Crippen LogP contribution in [0.25, 0.3) is 10.9 Å². The summed E-state index contributed by atoms with van der Waals surface area (Å²) in [6.07, 6.45) is 0. The lowest BCUT2D eigenvalue weighted by Gasteiger charge is -2.07. The van der Waals surface area contributed by atoms with Crippen molar-refractivity contribution in [2.45, 2.75) is 20.1 Å². The minimum Gasteiger partial charge on any atom is -0.461 e. The van der Waals surface area contributed by atoms with Gasteiger partial charge < -0.3 is 20.8 Å². The van der Waals surface area contributed by atoms with Gasteiger partial charge in [-0.3, -0.25) is 4.68 Å². The van der Waals surface area contributed by atoms with Crippen LogP contribution in [-0.4, -0.2) is 27.5 Å². The van der Waals surface area contributed by atoms with Gasteiger partial charge in [-0.1, -0.05) is 0 Å². The Kier molecular flexibility index (Phi) is 3.73. The quantitative estimate of drug-likeness (QED) is 0.552. The van der Waals surface area contributed by atoms with E-state index in [9.17, 15) is 15.0 Å². The van der Waals surface area contributed by atoms with Gasteiger partial charge in [0, 0.05) is 5.39 Å². The number of benzene rings is 1. The van der Waals surface area contributed by atoms with Crippen LogP contribution in [0.4, 0.5) is 0 Å². The number of carbonyl (C=O) groups is 1. The van der Waals surface area contributed by atoms with Crippen LogP contribution in [0.15, 0.2) is 18.2 Å². The number of aliphatic hydroxyl groups excluding tert-OH is 2. The summed E-state index contributed by atoms with van der Waals surface area (Å²) < 4.78 is 6.14. The van der Waals surface area contributed by atoms with E-state index in [1.165, 1.54) is 4.68 Å². The van der Waals surface area contributed by atoms with Crippen molar-refractivity contribution in [2.75, 3.05) is 12.4 Å². The van der Waals surface area contributed by atoms with Crippen LogP contribution in [0.1, 0.15) is 28.5 Å². The molecule has 0 saturated heterocycles. The predicted molar refractivity (Wildman–Crippen MR) is 69.9 cm³/mol. The highest BCUT2D eigenvalue weighted by molar-refractivity contribution is 5.96. The summed E-state index contributed by atoms with van der Waals surface area (Å²) in [7, 11) is 0. The third-order valence-electron chi connectivity index (χ3n) is 2.99. The highest BCUT2D eigenvalue weighted by atomic mass is 16.5. The number of aromatic nitrogens is 1. The third-order valence-corrected chi connectivity index (χ3v) is 2.99. The number of nitrogens with zero attached hydrogens (tertiary/aromatic N) is 1. The molecule has 6 heteroatoms. The number of carbonyl (C=O) groups excluding carboxylic acids is 1. The first-order chi connectivity index (χ1) is 9.12. The minimum absolute atomic E-state index is 0.184. The van der Waals surface area contributed by atoms with Crippen LogP contribution < -0.4 is 5.84 Å². The molecule has 1 aromatic carbocycles. The Morgan fingerprint density at radius 3 is 2.47 bits per heavy atom. The van der Waals surface area contributed by atoms with E-state index in [0.29, 0.717) is 22.0 Å². The molecular weight excluding hydrogens is 248 g/mol. The molecule has 0 atom stereocenters. The van der Waals surface area contributed by atoms with Crippen molar-refractivity contribution in [3.05, 3.63) is 35.0 Å². The molecule has 0 unspecified atom stereocenters.